The van der Waals surface area contributed by atoms with Gasteiger partial charge in [0.1, 0.15) is 0 Å². The first-order valence-corrected chi connectivity index (χ1v) is 15.6. The fourth-order valence-corrected chi connectivity index (χ4v) is 8.47. The lowest BCUT2D eigenvalue weighted by Gasteiger charge is -2.18. The molecule has 4 aromatic carbocycles. The fourth-order valence-electron chi connectivity index (χ4n) is 4.11. The second-order valence-electron chi connectivity index (χ2n) is 8.58. The smallest absolute Gasteiger partial charge is 0.0524 e. The van der Waals surface area contributed by atoms with Crippen LogP contribution in [0.2, 0.25) is 0 Å². The zero-order chi connectivity index (χ0) is 25.0. The lowest BCUT2D eigenvalue weighted by Crippen LogP contribution is -2.17. The van der Waals surface area contributed by atoms with Crippen LogP contribution in [-0.4, -0.2) is 36.8 Å². The minimum Gasteiger partial charge on any atom is -0.288 e. The first-order valence-electron chi connectivity index (χ1n) is 12.5. The molecule has 0 spiro atoms. The molecule has 4 rings (SSSR count). The summed E-state index contributed by atoms with van der Waals surface area (Å²) in [6.45, 7) is 5.83. The maximum atomic E-state index is 4.94. The Hall–Kier alpha value is -2.92. The predicted molar refractivity (Wildman–Crippen MR) is 164 cm³/mol. The molecular weight excluding hydrogens is 474 g/mol. The molecule has 0 saturated heterocycles. The minimum absolute atomic E-state index is 0.416. The van der Waals surface area contributed by atoms with E-state index in [1.54, 1.807) is 0 Å². The van der Waals surface area contributed by atoms with Gasteiger partial charge in [-0.3, -0.25) is 9.98 Å². The Morgan fingerprint density at radius 2 is 0.694 bits per heavy atom. The van der Waals surface area contributed by atoms with Gasteiger partial charge in [0.25, 0.3) is 0 Å². The Kier molecular flexibility index (Phi) is 10.2. The minimum atomic E-state index is -0.416. The summed E-state index contributed by atoms with van der Waals surface area (Å²) in [6.07, 6.45) is 2.09. The van der Waals surface area contributed by atoms with Gasteiger partial charge in [-0.1, -0.05) is 121 Å². The summed E-state index contributed by atoms with van der Waals surface area (Å²) in [5.74, 6) is 0. The molecule has 0 aliphatic carbocycles. The van der Waals surface area contributed by atoms with Gasteiger partial charge in [0.2, 0.25) is 0 Å². The van der Waals surface area contributed by atoms with E-state index in [0.717, 1.165) is 36.8 Å². The van der Waals surface area contributed by atoms with Crippen LogP contribution in [0, 0.1) is 0 Å². The van der Waals surface area contributed by atoms with Crippen molar-refractivity contribution in [3.63, 3.8) is 0 Å². The summed E-state index contributed by atoms with van der Waals surface area (Å²) >= 11 is 0. The molecule has 0 heterocycles. The molecule has 0 aliphatic heterocycles. The van der Waals surface area contributed by atoms with E-state index in [9.17, 15) is 0 Å². The molecule has 0 unspecified atom stereocenters. The summed E-state index contributed by atoms with van der Waals surface area (Å²) < 4.78 is 0. The van der Waals surface area contributed by atoms with E-state index in [1.165, 1.54) is 21.2 Å². The number of nitrogens with zero attached hydrogens (tertiary/aromatic N) is 2. The third-order valence-electron chi connectivity index (χ3n) is 6.14. The van der Waals surface area contributed by atoms with Crippen molar-refractivity contribution in [3.8, 4) is 0 Å². The van der Waals surface area contributed by atoms with Gasteiger partial charge in [-0.25, -0.2) is 0 Å². The highest BCUT2D eigenvalue weighted by atomic mass is 31.1. The van der Waals surface area contributed by atoms with Crippen molar-refractivity contribution in [1.29, 1.82) is 0 Å². The van der Waals surface area contributed by atoms with Crippen molar-refractivity contribution in [2.45, 2.75) is 13.8 Å². The molecule has 4 heteroatoms. The molecule has 0 bridgehead atoms. The van der Waals surface area contributed by atoms with Crippen LogP contribution < -0.4 is 21.2 Å². The quantitative estimate of drug-likeness (QED) is 0.171. The van der Waals surface area contributed by atoms with E-state index in [2.05, 4.69) is 135 Å². The average Bonchev–Trinajstić information content (AvgIpc) is 2.95. The molecule has 0 N–H and O–H groups in total. The number of benzene rings is 4. The van der Waals surface area contributed by atoms with E-state index < -0.39 is 15.8 Å². The largest absolute Gasteiger partial charge is 0.288 e. The lowest BCUT2D eigenvalue weighted by atomic mass is 10.3. The third kappa shape index (κ3) is 7.54. The molecule has 0 aliphatic rings. The van der Waals surface area contributed by atoms with Crippen LogP contribution >= 0.6 is 15.8 Å². The zero-order valence-corrected chi connectivity index (χ0v) is 23.0. The molecular formula is C32H34N2P2. The maximum absolute atomic E-state index is 4.94. The van der Waals surface area contributed by atoms with E-state index in [1.807, 2.05) is 0 Å². The number of hydrogen-bond acceptors (Lipinski definition) is 2. The summed E-state index contributed by atoms with van der Waals surface area (Å²) in [6, 6.07) is 43.5. The topological polar surface area (TPSA) is 24.7 Å². The van der Waals surface area contributed by atoms with Crippen molar-refractivity contribution >= 4 is 48.5 Å². The summed E-state index contributed by atoms with van der Waals surface area (Å²) in [7, 11) is -0.833. The monoisotopic (exact) mass is 508 g/mol. The van der Waals surface area contributed by atoms with Crippen molar-refractivity contribution in [2.75, 3.05) is 25.4 Å². The molecule has 0 saturated carbocycles. The van der Waals surface area contributed by atoms with Gasteiger partial charge in [0, 0.05) is 13.1 Å². The Morgan fingerprint density at radius 1 is 0.444 bits per heavy atom. The molecule has 36 heavy (non-hydrogen) atoms. The van der Waals surface area contributed by atoms with E-state index in [4.69, 9.17) is 9.98 Å². The Labute approximate surface area is 218 Å². The molecule has 0 atom stereocenters. The van der Waals surface area contributed by atoms with Crippen LogP contribution in [0.1, 0.15) is 13.8 Å². The SMILES string of the molecule is CC(=N\CCP(c1ccccc1)c1ccccc1)/C(C)=N/CCP(c1ccccc1)c1ccccc1. The highest BCUT2D eigenvalue weighted by Gasteiger charge is 2.14. The molecule has 0 amide bonds. The van der Waals surface area contributed by atoms with Gasteiger partial charge in [0.15, 0.2) is 0 Å². The van der Waals surface area contributed by atoms with Crippen LogP contribution in [0.3, 0.4) is 0 Å². The second kappa shape index (κ2) is 14.0. The number of rotatable bonds is 11. The van der Waals surface area contributed by atoms with Gasteiger partial charge in [0.05, 0.1) is 11.4 Å². The molecule has 2 nitrogen and oxygen atoms in total. The van der Waals surface area contributed by atoms with Gasteiger partial charge >= 0.3 is 0 Å². The van der Waals surface area contributed by atoms with Crippen molar-refractivity contribution in [2.24, 2.45) is 9.98 Å². The summed E-state index contributed by atoms with van der Waals surface area (Å²) in [5.41, 5.74) is 2.10. The van der Waals surface area contributed by atoms with Crippen molar-refractivity contribution in [3.05, 3.63) is 121 Å². The fraction of sp³-hybridized carbons (Fsp3) is 0.188. The average molecular weight is 509 g/mol. The first-order chi connectivity index (χ1) is 17.7. The zero-order valence-electron chi connectivity index (χ0n) is 21.2. The predicted octanol–water partition coefficient (Wildman–Crippen LogP) is 6.17. The van der Waals surface area contributed by atoms with Gasteiger partial charge in [-0.2, -0.15) is 0 Å². The van der Waals surface area contributed by atoms with E-state index in [0.29, 0.717) is 0 Å². The number of aliphatic imine (C=N–C) groups is 2. The standard InChI is InChI=1S/C32H34N2P2/c1-27(33-23-25-35(29-15-7-3-8-16-29)30-17-9-4-10-18-30)28(2)34-24-26-36(31-19-11-5-12-20-31)32-21-13-6-14-22-32/h3-22H,23-26H2,1-2H3/b33-27+,34-28+. The van der Waals surface area contributed by atoms with Crippen LogP contribution in [0.5, 0.6) is 0 Å². The van der Waals surface area contributed by atoms with Crippen molar-refractivity contribution < 1.29 is 0 Å². The summed E-state index contributed by atoms with van der Waals surface area (Å²) in [5, 5.41) is 5.64. The Balaban J connectivity index is 1.39. The number of hydrogen-bond donors (Lipinski definition) is 0. The Bertz CT molecular complexity index is 1060. The normalized spacial score (nSPS) is 12.3. The van der Waals surface area contributed by atoms with Crippen LogP contribution in [0.15, 0.2) is 131 Å². The lowest BCUT2D eigenvalue weighted by molar-refractivity contribution is 1.12. The van der Waals surface area contributed by atoms with Crippen LogP contribution in [0.4, 0.5) is 0 Å². The highest BCUT2D eigenvalue weighted by Crippen LogP contribution is 2.33. The van der Waals surface area contributed by atoms with E-state index in [-0.39, 0.29) is 0 Å². The van der Waals surface area contributed by atoms with Crippen LogP contribution in [-0.2, 0) is 0 Å². The molecule has 0 aromatic heterocycles. The van der Waals surface area contributed by atoms with Crippen molar-refractivity contribution in [1.82, 2.24) is 0 Å². The highest BCUT2D eigenvalue weighted by molar-refractivity contribution is 7.73. The van der Waals surface area contributed by atoms with Gasteiger partial charge < -0.3 is 0 Å². The first kappa shape index (κ1) is 26.2. The second-order valence-corrected chi connectivity index (χ2v) is 13.3. The molecule has 4 aromatic rings. The molecule has 0 fully saturated rings. The molecule has 0 radical (unpaired) electrons. The van der Waals surface area contributed by atoms with Gasteiger partial charge in [-0.05, 0) is 63.2 Å². The van der Waals surface area contributed by atoms with Crippen LogP contribution in [0.25, 0.3) is 0 Å². The maximum Gasteiger partial charge on any atom is 0.0524 e. The van der Waals surface area contributed by atoms with E-state index >= 15 is 0 Å². The molecule has 182 valence electrons. The Morgan fingerprint density at radius 3 is 0.944 bits per heavy atom. The summed E-state index contributed by atoms with van der Waals surface area (Å²) in [4.78, 5) is 9.87. The van der Waals surface area contributed by atoms with Gasteiger partial charge in [-0.15, -0.1) is 0 Å². The third-order valence-corrected chi connectivity index (χ3v) is 11.1.